The normalized spacial score (nSPS) is 25.6. The Labute approximate surface area is 192 Å². The number of fused-ring (bicyclic) bond motifs is 5. The summed E-state index contributed by atoms with van der Waals surface area (Å²) in [7, 11) is 0. The highest BCUT2D eigenvalue weighted by Gasteiger charge is 2.50. The van der Waals surface area contributed by atoms with E-state index in [2.05, 4.69) is 24.3 Å². The molecule has 6 rings (SSSR count). The molecular formula is C28H26FNO3. The van der Waals surface area contributed by atoms with Gasteiger partial charge in [0.05, 0.1) is 5.60 Å². The van der Waals surface area contributed by atoms with Crippen LogP contribution in [0.3, 0.4) is 0 Å². The number of amides is 1. The lowest BCUT2D eigenvalue weighted by molar-refractivity contribution is -0.0532. The zero-order valence-electron chi connectivity index (χ0n) is 18.3. The maximum Gasteiger partial charge on any atom is 0.410 e. The van der Waals surface area contributed by atoms with Crippen LogP contribution in [-0.4, -0.2) is 34.8 Å². The van der Waals surface area contributed by atoms with E-state index in [9.17, 15) is 14.3 Å². The predicted molar refractivity (Wildman–Crippen MR) is 123 cm³/mol. The molecule has 3 aromatic rings. The minimum atomic E-state index is -1.12. The molecule has 0 spiro atoms. The third-order valence-corrected chi connectivity index (χ3v) is 7.68. The molecule has 0 aromatic heterocycles. The second-order valence-corrected chi connectivity index (χ2v) is 9.55. The Kier molecular flexibility index (Phi) is 4.77. The van der Waals surface area contributed by atoms with E-state index in [0.717, 1.165) is 12.8 Å². The molecule has 2 fully saturated rings. The van der Waals surface area contributed by atoms with Gasteiger partial charge in [0.25, 0.3) is 0 Å². The molecule has 1 aliphatic carbocycles. The van der Waals surface area contributed by atoms with E-state index in [1.54, 1.807) is 12.1 Å². The number of ether oxygens (including phenoxy) is 1. The molecule has 1 amide bonds. The monoisotopic (exact) mass is 443 g/mol. The molecule has 2 saturated heterocycles. The van der Waals surface area contributed by atoms with Crippen LogP contribution < -0.4 is 0 Å². The molecule has 2 unspecified atom stereocenters. The van der Waals surface area contributed by atoms with Crippen molar-refractivity contribution in [1.29, 1.82) is 0 Å². The first-order valence-electron chi connectivity index (χ1n) is 11.7. The fourth-order valence-electron chi connectivity index (χ4n) is 6.21. The van der Waals surface area contributed by atoms with Crippen molar-refractivity contribution in [3.05, 3.63) is 95.3 Å². The zero-order valence-corrected chi connectivity index (χ0v) is 18.3. The summed E-state index contributed by atoms with van der Waals surface area (Å²) in [6, 6.07) is 22.6. The van der Waals surface area contributed by atoms with Crippen molar-refractivity contribution in [1.82, 2.24) is 4.90 Å². The number of carbonyl (C=O) groups excluding carboxylic acids is 1. The summed E-state index contributed by atoms with van der Waals surface area (Å²) in [6.45, 7) is 0.289. The van der Waals surface area contributed by atoms with Gasteiger partial charge in [0.2, 0.25) is 0 Å². The van der Waals surface area contributed by atoms with Crippen molar-refractivity contribution in [2.75, 3.05) is 6.61 Å². The minimum Gasteiger partial charge on any atom is -0.448 e. The first-order valence-corrected chi connectivity index (χ1v) is 11.7. The van der Waals surface area contributed by atoms with Gasteiger partial charge >= 0.3 is 6.09 Å². The third kappa shape index (κ3) is 3.34. The van der Waals surface area contributed by atoms with Crippen LogP contribution >= 0.6 is 0 Å². The van der Waals surface area contributed by atoms with Gasteiger partial charge in [-0.25, -0.2) is 9.18 Å². The Morgan fingerprint density at radius 2 is 1.55 bits per heavy atom. The van der Waals surface area contributed by atoms with E-state index in [0.29, 0.717) is 18.4 Å². The number of hydrogen-bond donors (Lipinski definition) is 1. The fourth-order valence-corrected chi connectivity index (χ4v) is 6.21. The molecule has 0 saturated carbocycles. The molecule has 2 aliphatic heterocycles. The van der Waals surface area contributed by atoms with Gasteiger partial charge in [-0.05, 0) is 52.8 Å². The largest absolute Gasteiger partial charge is 0.448 e. The fraction of sp³-hybridized carbons (Fsp3) is 0.321. The van der Waals surface area contributed by atoms with E-state index >= 15 is 0 Å². The van der Waals surface area contributed by atoms with Gasteiger partial charge in [0.15, 0.2) is 0 Å². The Bertz CT molecular complexity index is 1170. The summed E-state index contributed by atoms with van der Waals surface area (Å²) in [5, 5.41) is 11.3. The quantitative estimate of drug-likeness (QED) is 0.574. The minimum absolute atomic E-state index is 0.0213. The first kappa shape index (κ1) is 20.4. The molecule has 168 valence electrons. The van der Waals surface area contributed by atoms with Gasteiger partial charge in [-0.1, -0.05) is 60.7 Å². The van der Waals surface area contributed by atoms with Gasteiger partial charge in [-0.3, -0.25) is 0 Å². The lowest BCUT2D eigenvalue weighted by Crippen LogP contribution is -2.52. The van der Waals surface area contributed by atoms with Crippen molar-refractivity contribution in [3.8, 4) is 11.1 Å². The van der Waals surface area contributed by atoms with Crippen molar-refractivity contribution < 1.29 is 19.0 Å². The van der Waals surface area contributed by atoms with Crippen LogP contribution in [0.2, 0.25) is 0 Å². The molecule has 2 bridgehead atoms. The maximum absolute atomic E-state index is 13.8. The highest BCUT2D eigenvalue weighted by molar-refractivity contribution is 5.79. The number of carbonyl (C=O) groups is 1. The number of aliphatic hydroxyl groups is 1. The molecule has 2 heterocycles. The number of halogens is 1. The van der Waals surface area contributed by atoms with E-state index in [1.807, 2.05) is 29.2 Å². The number of benzene rings is 3. The second kappa shape index (κ2) is 7.70. The van der Waals surface area contributed by atoms with Crippen LogP contribution in [0.1, 0.15) is 48.3 Å². The van der Waals surface area contributed by atoms with Crippen LogP contribution in [0.15, 0.2) is 72.8 Å². The molecular weight excluding hydrogens is 417 g/mol. The van der Waals surface area contributed by atoms with Crippen molar-refractivity contribution in [2.45, 2.75) is 49.3 Å². The average molecular weight is 444 g/mol. The Morgan fingerprint density at radius 3 is 2.15 bits per heavy atom. The smallest absolute Gasteiger partial charge is 0.410 e. The summed E-state index contributed by atoms with van der Waals surface area (Å²) in [5.41, 5.74) is 4.25. The second-order valence-electron chi connectivity index (χ2n) is 9.55. The molecule has 1 N–H and O–H groups in total. The number of hydrogen-bond acceptors (Lipinski definition) is 3. The Hall–Kier alpha value is -3.18. The summed E-state index contributed by atoms with van der Waals surface area (Å²) < 4.78 is 19.7. The zero-order chi connectivity index (χ0) is 22.6. The average Bonchev–Trinajstić information content (AvgIpc) is 3.30. The summed E-state index contributed by atoms with van der Waals surface area (Å²) in [6.07, 6.45) is 2.14. The molecule has 0 radical (unpaired) electrons. The van der Waals surface area contributed by atoms with E-state index in [1.165, 1.54) is 34.4 Å². The lowest BCUT2D eigenvalue weighted by Gasteiger charge is -2.43. The highest BCUT2D eigenvalue weighted by Crippen LogP contribution is 2.47. The van der Waals surface area contributed by atoms with E-state index in [-0.39, 0.29) is 36.5 Å². The van der Waals surface area contributed by atoms with E-state index < -0.39 is 5.60 Å². The van der Waals surface area contributed by atoms with Crippen molar-refractivity contribution >= 4 is 6.09 Å². The van der Waals surface area contributed by atoms with Gasteiger partial charge < -0.3 is 14.7 Å². The molecule has 2 atom stereocenters. The molecule has 4 nitrogen and oxygen atoms in total. The maximum atomic E-state index is 13.8. The standard InChI is InChI=1S/C28H26FNO3/c29-19-7-5-6-18(14-19)28(32)15-20-12-13-21(16-28)30(20)27(31)33-17-26-24-10-3-1-8-22(24)23-9-2-4-11-25(23)26/h1-11,14,20-21,26,32H,12-13,15-17H2. The van der Waals surface area contributed by atoms with Gasteiger partial charge in [0, 0.05) is 30.8 Å². The molecule has 3 aliphatic rings. The van der Waals surface area contributed by atoms with E-state index in [4.69, 9.17) is 4.74 Å². The van der Waals surface area contributed by atoms with Gasteiger partial charge in [0.1, 0.15) is 12.4 Å². The Morgan fingerprint density at radius 1 is 0.939 bits per heavy atom. The SMILES string of the molecule is O=C(OCC1c2ccccc2-c2ccccc21)N1C2CCC1CC(O)(c1cccc(F)c1)C2. The van der Waals surface area contributed by atoms with Crippen LogP contribution in [0.4, 0.5) is 9.18 Å². The van der Waals surface area contributed by atoms with Gasteiger partial charge in [-0.15, -0.1) is 0 Å². The van der Waals surface area contributed by atoms with Crippen LogP contribution in [-0.2, 0) is 10.3 Å². The topological polar surface area (TPSA) is 49.8 Å². The Balaban J connectivity index is 1.19. The van der Waals surface area contributed by atoms with Gasteiger partial charge in [-0.2, -0.15) is 0 Å². The summed E-state index contributed by atoms with van der Waals surface area (Å²) >= 11 is 0. The molecule has 3 aromatic carbocycles. The number of nitrogens with zero attached hydrogens (tertiary/aromatic N) is 1. The third-order valence-electron chi connectivity index (χ3n) is 7.68. The summed E-state index contributed by atoms with van der Waals surface area (Å²) in [4.78, 5) is 15.0. The first-order chi connectivity index (χ1) is 16.0. The predicted octanol–water partition coefficient (Wildman–Crippen LogP) is 5.59. The van der Waals surface area contributed by atoms with Crippen molar-refractivity contribution in [3.63, 3.8) is 0 Å². The number of rotatable bonds is 3. The highest BCUT2D eigenvalue weighted by atomic mass is 19.1. The molecule has 5 heteroatoms. The summed E-state index contributed by atoms with van der Waals surface area (Å²) in [5.74, 6) is -0.333. The lowest BCUT2D eigenvalue weighted by atomic mass is 9.80. The van der Waals surface area contributed by atoms with Crippen LogP contribution in [0, 0.1) is 5.82 Å². The molecule has 33 heavy (non-hydrogen) atoms. The van der Waals surface area contributed by atoms with Crippen LogP contribution in [0.5, 0.6) is 0 Å². The van der Waals surface area contributed by atoms with Crippen LogP contribution in [0.25, 0.3) is 11.1 Å². The number of piperidine rings is 1. The van der Waals surface area contributed by atoms with Crippen molar-refractivity contribution in [2.24, 2.45) is 0 Å².